The van der Waals surface area contributed by atoms with Gasteiger partial charge < -0.3 is 9.47 Å². The molecule has 1 atom stereocenters. The highest BCUT2D eigenvalue weighted by atomic mass is 19.1. The molecule has 2 aromatic rings. The van der Waals surface area contributed by atoms with Crippen molar-refractivity contribution >= 4 is 35.1 Å². The first-order valence-electron chi connectivity index (χ1n) is 11.5. The monoisotopic (exact) mass is 478 g/mol. The minimum atomic E-state index is -1.17. The second-order valence-corrected chi connectivity index (χ2v) is 8.50. The number of amides is 3. The number of nitrogens with zero attached hydrogens (tertiary/aromatic N) is 2. The van der Waals surface area contributed by atoms with Crippen LogP contribution in [0, 0.1) is 5.82 Å². The van der Waals surface area contributed by atoms with Gasteiger partial charge in [0.05, 0.1) is 18.0 Å². The molecule has 0 saturated carbocycles. The third-order valence-corrected chi connectivity index (χ3v) is 6.42. The number of carbonyl (C=O) groups is 4. The second-order valence-electron chi connectivity index (χ2n) is 8.50. The lowest BCUT2D eigenvalue weighted by Gasteiger charge is -2.35. The first-order chi connectivity index (χ1) is 16.9. The third kappa shape index (κ3) is 3.77. The highest BCUT2D eigenvalue weighted by Crippen LogP contribution is 2.44. The molecular weight excluding hydrogens is 455 g/mol. The minimum absolute atomic E-state index is 0.0212. The van der Waals surface area contributed by atoms with Gasteiger partial charge in [0.15, 0.2) is 18.5 Å². The van der Waals surface area contributed by atoms with Crippen LogP contribution in [-0.2, 0) is 23.9 Å². The molecule has 2 aliphatic heterocycles. The quantitative estimate of drug-likeness (QED) is 0.482. The molecule has 2 aromatic carbocycles. The van der Waals surface area contributed by atoms with E-state index < -0.39 is 42.2 Å². The summed E-state index contributed by atoms with van der Waals surface area (Å²) in [5.41, 5.74) is 1.10. The maximum Gasteiger partial charge on any atom is 0.333 e. The summed E-state index contributed by atoms with van der Waals surface area (Å²) in [5, 5.41) is 0. The molecular formula is C26H23FN2O6. The summed E-state index contributed by atoms with van der Waals surface area (Å²) >= 11 is 0. The van der Waals surface area contributed by atoms with Gasteiger partial charge in [0.1, 0.15) is 5.75 Å². The lowest BCUT2D eigenvalue weighted by atomic mass is 9.93. The van der Waals surface area contributed by atoms with Crippen molar-refractivity contribution in [2.45, 2.75) is 38.6 Å². The average molecular weight is 478 g/mol. The number of hydrogen-bond acceptors (Lipinski definition) is 6. The highest BCUT2D eigenvalue weighted by molar-refractivity contribution is 6.33. The lowest BCUT2D eigenvalue weighted by molar-refractivity contribution is -0.146. The van der Waals surface area contributed by atoms with Crippen LogP contribution in [0.15, 0.2) is 53.6 Å². The molecule has 0 spiro atoms. The summed E-state index contributed by atoms with van der Waals surface area (Å²) in [7, 11) is 0. The van der Waals surface area contributed by atoms with E-state index in [4.69, 9.17) is 9.47 Å². The van der Waals surface area contributed by atoms with Crippen molar-refractivity contribution in [3.63, 3.8) is 0 Å². The first-order valence-corrected chi connectivity index (χ1v) is 11.5. The molecule has 8 nitrogen and oxygen atoms in total. The Hall–Kier alpha value is -4.01. The Bertz CT molecular complexity index is 1240. The summed E-state index contributed by atoms with van der Waals surface area (Å²) in [6.45, 7) is 1.34. The Kier molecular flexibility index (Phi) is 5.84. The van der Waals surface area contributed by atoms with Gasteiger partial charge in [0.25, 0.3) is 17.7 Å². The number of anilines is 2. The summed E-state index contributed by atoms with van der Waals surface area (Å²) in [4.78, 5) is 54.2. The van der Waals surface area contributed by atoms with Crippen molar-refractivity contribution in [1.82, 2.24) is 0 Å². The molecule has 180 valence electrons. The summed E-state index contributed by atoms with van der Waals surface area (Å²) in [5.74, 6) is -3.14. The zero-order valence-corrected chi connectivity index (χ0v) is 19.1. The number of ether oxygens (including phenoxy) is 2. The average Bonchev–Trinajstić information content (AvgIpc) is 3.11. The van der Waals surface area contributed by atoms with E-state index in [1.165, 1.54) is 11.0 Å². The Labute approximate surface area is 200 Å². The van der Waals surface area contributed by atoms with E-state index in [0.29, 0.717) is 29.6 Å². The topological polar surface area (TPSA) is 93.2 Å². The number of halogens is 1. The molecule has 0 bridgehead atoms. The molecule has 9 heteroatoms. The Morgan fingerprint density at radius 3 is 2.31 bits per heavy atom. The number of carbonyl (C=O) groups excluding carboxylic acids is 4. The summed E-state index contributed by atoms with van der Waals surface area (Å²) in [6.07, 6.45) is 2.50. The number of imide groups is 1. The fraction of sp³-hybridized carbons (Fsp3) is 0.308. The molecule has 0 N–H and O–H groups in total. The Balaban J connectivity index is 1.62. The minimum Gasteiger partial charge on any atom is -0.481 e. The molecule has 0 saturated heterocycles. The van der Waals surface area contributed by atoms with Crippen molar-refractivity contribution in [3.8, 4) is 5.75 Å². The predicted molar refractivity (Wildman–Crippen MR) is 123 cm³/mol. The largest absolute Gasteiger partial charge is 0.481 e. The van der Waals surface area contributed by atoms with Gasteiger partial charge in [-0.2, -0.15) is 0 Å². The fourth-order valence-electron chi connectivity index (χ4n) is 4.84. The standard InChI is InChI=1S/C26H23FN2O6/c1-2-34-26(33)23(15-8-4-3-5-9-15)28-20-13-19(18(27)12-21(20)35-14-22(28)30)29-24(31)16-10-6-7-11-17(16)25(29)32/h3-5,8-9,12-13,23H,2,6-7,10-11,14H2,1H3. The molecule has 1 aliphatic carbocycles. The Morgan fingerprint density at radius 2 is 1.69 bits per heavy atom. The van der Waals surface area contributed by atoms with Gasteiger partial charge in [-0.1, -0.05) is 30.3 Å². The maximum atomic E-state index is 15.2. The maximum absolute atomic E-state index is 15.2. The summed E-state index contributed by atoms with van der Waals surface area (Å²) in [6, 6.07) is 9.68. The first kappa shape index (κ1) is 22.8. The van der Waals surface area contributed by atoms with Crippen LogP contribution in [-0.4, -0.2) is 36.9 Å². The highest BCUT2D eigenvalue weighted by Gasteiger charge is 2.43. The number of hydrogen-bond donors (Lipinski definition) is 0. The van der Waals surface area contributed by atoms with E-state index >= 15 is 4.39 Å². The van der Waals surface area contributed by atoms with Crippen LogP contribution >= 0.6 is 0 Å². The van der Waals surface area contributed by atoms with Crippen molar-refractivity contribution in [1.29, 1.82) is 0 Å². The molecule has 3 aliphatic rings. The van der Waals surface area contributed by atoms with Crippen LogP contribution in [0.4, 0.5) is 15.8 Å². The van der Waals surface area contributed by atoms with Gasteiger partial charge >= 0.3 is 5.97 Å². The van der Waals surface area contributed by atoms with Gasteiger partial charge in [-0.25, -0.2) is 14.1 Å². The number of esters is 1. The van der Waals surface area contributed by atoms with E-state index in [-0.39, 0.29) is 23.7 Å². The Morgan fingerprint density at radius 1 is 1.03 bits per heavy atom. The van der Waals surface area contributed by atoms with Gasteiger partial charge in [-0.15, -0.1) is 0 Å². The van der Waals surface area contributed by atoms with E-state index in [2.05, 4.69) is 0 Å². The molecule has 0 radical (unpaired) electrons. The van der Waals surface area contributed by atoms with Gasteiger partial charge in [-0.3, -0.25) is 19.3 Å². The smallest absolute Gasteiger partial charge is 0.333 e. The van der Waals surface area contributed by atoms with Gasteiger partial charge in [0, 0.05) is 17.2 Å². The molecule has 0 aromatic heterocycles. The van der Waals surface area contributed by atoms with E-state index in [9.17, 15) is 19.2 Å². The van der Waals surface area contributed by atoms with Crippen molar-refractivity contribution in [2.24, 2.45) is 0 Å². The zero-order chi connectivity index (χ0) is 24.7. The number of fused-ring (bicyclic) bond motifs is 1. The zero-order valence-electron chi connectivity index (χ0n) is 19.1. The van der Waals surface area contributed by atoms with Crippen molar-refractivity contribution < 1.29 is 33.0 Å². The molecule has 3 amide bonds. The molecule has 5 rings (SSSR count). The molecule has 35 heavy (non-hydrogen) atoms. The van der Waals surface area contributed by atoms with E-state index in [1.54, 1.807) is 37.3 Å². The van der Waals surface area contributed by atoms with Crippen molar-refractivity contribution in [3.05, 3.63) is 65.0 Å². The van der Waals surface area contributed by atoms with E-state index in [0.717, 1.165) is 23.8 Å². The summed E-state index contributed by atoms with van der Waals surface area (Å²) < 4.78 is 26.0. The second kappa shape index (κ2) is 8.98. The lowest BCUT2D eigenvalue weighted by Crippen LogP contribution is -2.45. The van der Waals surface area contributed by atoms with Gasteiger partial charge in [0.2, 0.25) is 0 Å². The SMILES string of the molecule is CCOC(=O)C(c1ccccc1)N1C(=O)COc2cc(F)c(N3C(=O)C4=C(CCCC4)C3=O)cc21. The molecule has 1 unspecified atom stereocenters. The van der Waals surface area contributed by atoms with Crippen molar-refractivity contribution in [2.75, 3.05) is 23.0 Å². The van der Waals surface area contributed by atoms with Crippen LogP contribution in [0.2, 0.25) is 0 Å². The van der Waals surface area contributed by atoms with Crippen LogP contribution in [0.3, 0.4) is 0 Å². The molecule has 0 fully saturated rings. The van der Waals surface area contributed by atoms with E-state index in [1.807, 2.05) is 0 Å². The fourth-order valence-corrected chi connectivity index (χ4v) is 4.84. The molecule has 2 heterocycles. The number of rotatable bonds is 5. The van der Waals surface area contributed by atoms with Crippen LogP contribution in [0.1, 0.15) is 44.2 Å². The predicted octanol–water partition coefficient (Wildman–Crippen LogP) is 3.60. The van der Waals surface area contributed by atoms with Crippen LogP contribution < -0.4 is 14.5 Å². The van der Waals surface area contributed by atoms with Crippen LogP contribution in [0.25, 0.3) is 0 Å². The normalized spacial score (nSPS) is 18.3. The van der Waals surface area contributed by atoms with Crippen LogP contribution in [0.5, 0.6) is 5.75 Å². The van der Waals surface area contributed by atoms with Gasteiger partial charge in [-0.05, 0) is 44.2 Å². The third-order valence-electron chi connectivity index (χ3n) is 6.42. The number of benzene rings is 2.